The molecule has 17 heavy (non-hydrogen) atoms. The fraction of sp³-hybridized carbons (Fsp3) is 0.500. The molecule has 0 aliphatic carbocycles. The van der Waals surface area contributed by atoms with Gasteiger partial charge in [0.05, 0.1) is 11.5 Å². The maximum atomic E-state index is 11.7. The molecule has 0 fully saturated rings. The summed E-state index contributed by atoms with van der Waals surface area (Å²) in [6, 6.07) is 8.18. The summed E-state index contributed by atoms with van der Waals surface area (Å²) in [6.45, 7) is 2.53. The van der Waals surface area contributed by atoms with Gasteiger partial charge in [0.25, 0.3) is 10.0 Å². The van der Waals surface area contributed by atoms with E-state index in [0.717, 1.165) is 25.7 Å². The molecule has 1 aromatic carbocycles. The molecular formula is C12H19NO3S. The lowest BCUT2D eigenvalue weighted by Gasteiger charge is -2.06. The predicted octanol–water partition coefficient (Wildman–Crippen LogP) is 2.48. The van der Waals surface area contributed by atoms with Crippen molar-refractivity contribution >= 4 is 10.0 Å². The molecule has 0 aliphatic rings. The largest absolute Gasteiger partial charge is 0.287 e. The van der Waals surface area contributed by atoms with Gasteiger partial charge in [-0.05, 0) is 18.6 Å². The van der Waals surface area contributed by atoms with Crippen LogP contribution in [-0.2, 0) is 14.9 Å². The van der Waals surface area contributed by atoms with Crippen molar-refractivity contribution in [1.82, 2.24) is 4.89 Å². The molecule has 0 radical (unpaired) electrons. The molecular weight excluding hydrogens is 238 g/mol. The van der Waals surface area contributed by atoms with Crippen LogP contribution in [0.4, 0.5) is 0 Å². The SMILES string of the molecule is CCCCCCONS(=O)(=O)c1ccccc1. The van der Waals surface area contributed by atoms with Crippen molar-refractivity contribution in [2.75, 3.05) is 6.61 Å². The summed E-state index contributed by atoms with van der Waals surface area (Å²) in [7, 11) is -3.53. The maximum Gasteiger partial charge on any atom is 0.262 e. The number of benzene rings is 1. The van der Waals surface area contributed by atoms with Crippen LogP contribution in [0.1, 0.15) is 32.6 Å². The van der Waals surface area contributed by atoms with Crippen LogP contribution in [0, 0.1) is 0 Å². The van der Waals surface area contributed by atoms with E-state index < -0.39 is 10.0 Å². The molecule has 0 heterocycles. The molecule has 1 rings (SSSR count). The van der Waals surface area contributed by atoms with Crippen LogP contribution < -0.4 is 4.89 Å². The molecule has 0 aromatic heterocycles. The van der Waals surface area contributed by atoms with Gasteiger partial charge in [-0.15, -0.1) is 0 Å². The van der Waals surface area contributed by atoms with Crippen molar-refractivity contribution in [3.05, 3.63) is 30.3 Å². The first-order chi connectivity index (χ1) is 8.17. The molecule has 0 spiro atoms. The van der Waals surface area contributed by atoms with Crippen molar-refractivity contribution in [1.29, 1.82) is 0 Å². The minimum Gasteiger partial charge on any atom is -0.287 e. The van der Waals surface area contributed by atoms with Gasteiger partial charge in [-0.2, -0.15) is 0 Å². The number of rotatable bonds is 8. The highest BCUT2D eigenvalue weighted by Gasteiger charge is 2.12. The third-order valence-corrected chi connectivity index (χ3v) is 3.55. The van der Waals surface area contributed by atoms with E-state index in [1.165, 1.54) is 12.1 Å². The Morgan fingerprint density at radius 2 is 1.82 bits per heavy atom. The summed E-state index contributed by atoms with van der Waals surface area (Å²) in [4.78, 5) is 7.30. The standard InChI is InChI=1S/C12H19NO3S/c1-2-3-4-8-11-16-13-17(14,15)12-9-6-5-7-10-12/h5-7,9-10,13H,2-4,8,11H2,1H3. The molecule has 5 heteroatoms. The van der Waals surface area contributed by atoms with Crippen molar-refractivity contribution in [2.24, 2.45) is 0 Å². The van der Waals surface area contributed by atoms with E-state index in [9.17, 15) is 8.42 Å². The van der Waals surface area contributed by atoms with E-state index in [-0.39, 0.29) is 4.90 Å². The fourth-order valence-corrected chi connectivity index (χ4v) is 2.22. The van der Waals surface area contributed by atoms with Crippen molar-refractivity contribution in [2.45, 2.75) is 37.5 Å². The lowest BCUT2D eigenvalue weighted by Crippen LogP contribution is -2.24. The van der Waals surface area contributed by atoms with Crippen molar-refractivity contribution in [3.8, 4) is 0 Å². The lowest BCUT2D eigenvalue weighted by molar-refractivity contribution is 0.0897. The molecule has 0 saturated carbocycles. The van der Waals surface area contributed by atoms with Crippen LogP contribution in [0.5, 0.6) is 0 Å². The Balaban J connectivity index is 2.31. The average Bonchev–Trinajstić information content (AvgIpc) is 2.35. The minimum absolute atomic E-state index is 0.216. The van der Waals surface area contributed by atoms with Crippen LogP contribution in [0.15, 0.2) is 35.2 Å². The second kappa shape index (κ2) is 7.42. The number of hydrogen-bond acceptors (Lipinski definition) is 3. The van der Waals surface area contributed by atoms with Crippen LogP contribution >= 0.6 is 0 Å². The summed E-state index contributed by atoms with van der Waals surface area (Å²) in [5.41, 5.74) is 0. The fourth-order valence-electron chi connectivity index (χ4n) is 1.37. The summed E-state index contributed by atoms with van der Waals surface area (Å²) < 4.78 is 23.4. The van der Waals surface area contributed by atoms with Crippen molar-refractivity contribution in [3.63, 3.8) is 0 Å². The third kappa shape index (κ3) is 5.30. The quantitative estimate of drug-likeness (QED) is 0.575. The van der Waals surface area contributed by atoms with Gasteiger partial charge in [0, 0.05) is 0 Å². The van der Waals surface area contributed by atoms with Crippen LogP contribution in [0.3, 0.4) is 0 Å². The Kier molecular flexibility index (Phi) is 6.18. The molecule has 4 nitrogen and oxygen atoms in total. The van der Waals surface area contributed by atoms with E-state index >= 15 is 0 Å². The highest BCUT2D eigenvalue weighted by Crippen LogP contribution is 2.07. The summed E-state index contributed by atoms with van der Waals surface area (Å²) in [5.74, 6) is 0. The number of unbranched alkanes of at least 4 members (excludes halogenated alkanes) is 3. The van der Waals surface area contributed by atoms with Gasteiger partial charge < -0.3 is 0 Å². The number of sulfonamides is 1. The minimum atomic E-state index is -3.53. The van der Waals surface area contributed by atoms with Gasteiger partial charge in [0.15, 0.2) is 0 Å². The lowest BCUT2D eigenvalue weighted by atomic mass is 10.2. The molecule has 0 atom stereocenters. The Morgan fingerprint density at radius 3 is 2.47 bits per heavy atom. The van der Waals surface area contributed by atoms with Crippen LogP contribution in [0.2, 0.25) is 0 Å². The second-order valence-electron chi connectivity index (χ2n) is 3.81. The Morgan fingerprint density at radius 1 is 1.12 bits per heavy atom. The summed E-state index contributed by atoms with van der Waals surface area (Å²) in [6.07, 6.45) is 4.22. The van der Waals surface area contributed by atoms with Gasteiger partial charge in [-0.25, -0.2) is 8.42 Å². The first-order valence-corrected chi connectivity index (χ1v) is 7.34. The zero-order valence-corrected chi connectivity index (χ0v) is 10.9. The second-order valence-corrected chi connectivity index (χ2v) is 5.45. The first-order valence-electron chi connectivity index (χ1n) is 5.85. The molecule has 0 amide bonds. The third-order valence-electron chi connectivity index (χ3n) is 2.32. The number of nitrogens with one attached hydrogen (secondary N) is 1. The topological polar surface area (TPSA) is 55.4 Å². The smallest absolute Gasteiger partial charge is 0.262 e. The van der Waals surface area contributed by atoms with Crippen LogP contribution in [0.25, 0.3) is 0 Å². The van der Waals surface area contributed by atoms with Crippen molar-refractivity contribution < 1.29 is 13.3 Å². The monoisotopic (exact) mass is 257 g/mol. The Bertz CT molecular complexity index is 403. The van der Waals surface area contributed by atoms with Gasteiger partial charge in [0.1, 0.15) is 0 Å². The van der Waals surface area contributed by atoms with E-state index in [4.69, 9.17) is 4.84 Å². The Hall–Kier alpha value is -0.910. The highest BCUT2D eigenvalue weighted by atomic mass is 32.2. The summed E-state index contributed by atoms with van der Waals surface area (Å²) in [5, 5.41) is 0. The molecule has 0 saturated heterocycles. The van der Waals surface area contributed by atoms with Crippen LogP contribution in [-0.4, -0.2) is 15.0 Å². The van der Waals surface area contributed by atoms with Gasteiger partial charge in [-0.1, -0.05) is 49.3 Å². The summed E-state index contributed by atoms with van der Waals surface area (Å²) >= 11 is 0. The molecule has 1 N–H and O–H groups in total. The highest BCUT2D eigenvalue weighted by molar-refractivity contribution is 7.89. The Labute approximate surface area is 103 Å². The predicted molar refractivity (Wildman–Crippen MR) is 66.9 cm³/mol. The van der Waals surface area contributed by atoms with E-state index in [1.54, 1.807) is 18.2 Å². The van der Waals surface area contributed by atoms with Gasteiger partial charge >= 0.3 is 0 Å². The number of hydrogen-bond donors (Lipinski definition) is 1. The first kappa shape index (κ1) is 14.2. The molecule has 0 aliphatic heterocycles. The molecule has 1 aromatic rings. The zero-order chi connectivity index (χ0) is 12.6. The van der Waals surface area contributed by atoms with Gasteiger partial charge in [0.2, 0.25) is 0 Å². The molecule has 0 bridgehead atoms. The van der Waals surface area contributed by atoms with E-state index in [2.05, 4.69) is 11.8 Å². The maximum absolute atomic E-state index is 11.7. The zero-order valence-electron chi connectivity index (χ0n) is 10.1. The van der Waals surface area contributed by atoms with E-state index in [1.807, 2.05) is 0 Å². The average molecular weight is 257 g/mol. The molecule has 96 valence electrons. The van der Waals surface area contributed by atoms with E-state index in [0.29, 0.717) is 6.61 Å². The normalized spacial score (nSPS) is 11.6. The molecule has 0 unspecified atom stereocenters. The van der Waals surface area contributed by atoms with Gasteiger partial charge in [-0.3, -0.25) is 4.84 Å².